The second-order valence-electron chi connectivity index (χ2n) is 6.01. The number of aryl methyl sites for hydroxylation is 1. The van der Waals surface area contributed by atoms with Crippen LogP contribution in [-0.4, -0.2) is 22.9 Å². The molecule has 5 nitrogen and oxygen atoms in total. The number of nitrogens with one attached hydrogen (secondary N) is 2. The van der Waals surface area contributed by atoms with Crippen molar-refractivity contribution in [2.75, 3.05) is 17.2 Å². The molecule has 1 aromatic heterocycles. The van der Waals surface area contributed by atoms with Gasteiger partial charge in [0, 0.05) is 23.9 Å². The van der Waals surface area contributed by atoms with Crippen molar-refractivity contribution in [1.29, 1.82) is 0 Å². The quantitative estimate of drug-likeness (QED) is 0.582. The van der Waals surface area contributed by atoms with Crippen LogP contribution in [0.3, 0.4) is 0 Å². The number of hydrogen-bond donors (Lipinski definition) is 2. The van der Waals surface area contributed by atoms with Crippen molar-refractivity contribution in [3.63, 3.8) is 0 Å². The standard InChI is InChI=1S/C20H19F3N4O/c1-3-24-19-26-17(14-7-5-4-6-8-14)12-18(27-19)25-16-10-9-15(11-13(16)2)28-20(21,22)23/h4-12H,3H2,1-2H3,(H2,24,25,26,27). The van der Waals surface area contributed by atoms with Crippen LogP contribution in [-0.2, 0) is 0 Å². The van der Waals surface area contributed by atoms with Crippen molar-refractivity contribution in [3.8, 4) is 17.0 Å². The van der Waals surface area contributed by atoms with Crippen LogP contribution in [0.25, 0.3) is 11.3 Å². The maximum absolute atomic E-state index is 12.4. The molecule has 28 heavy (non-hydrogen) atoms. The zero-order valence-electron chi connectivity index (χ0n) is 15.3. The van der Waals surface area contributed by atoms with E-state index in [1.165, 1.54) is 18.2 Å². The van der Waals surface area contributed by atoms with Gasteiger partial charge in [0.1, 0.15) is 11.6 Å². The van der Waals surface area contributed by atoms with E-state index in [1.54, 1.807) is 13.0 Å². The molecule has 0 saturated heterocycles. The lowest BCUT2D eigenvalue weighted by Gasteiger charge is -2.14. The summed E-state index contributed by atoms with van der Waals surface area (Å²) in [5.41, 5.74) is 2.86. The first kappa shape index (κ1) is 19.5. The maximum Gasteiger partial charge on any atom is 0.573 e. The highest BCUT2D eigenvalue weighted by molar-refractivity contribution is 5.68. The van der Waals surface area contributed by atoms with E-state index >= 15 is 0 Å². The predicted octanol–water partition coefficient (Wildman–Crippen LogP) is 5.53. The summed E-state index contributed by atoms with van der Waals surface area (Å²) in [6, 6.07) is 15.5. The van der Waals surface area contributed by atoms with E-state index in [-0.39, 0.29) is 5.75 Å². The number of alkyl halides is 3. The Balaban J connectivity index is 1.90. The molecule has 3 rings (SSSR count). The predicted molar refractivity (Wildman–Crippen MR) is 103 cm³/mol. The molecule has 0 radical (unpaired) electrons. The molecular weight excluding hydrogens is 369 g/mol. The number of rotatable bonds is 6. The zero-order valence-corrected chi connectivity index (χ0v) is 15.3. The summed E-state index contributed by atoms with van der Waals surface area (Å²) in [7, 11) is 0. The van der Waals surface area contributed by atoms with Gasteiger partial charge in [0.15, 0.2) is 0 Å². The molecule has 0 unspecified atom stereocenters. The molecule has 8 heteroatoms. The zero-order chi connectivity index (χ0) is 20.1. The second kappa shape index (κ2) is 8.16. The van der Waals surface area contributed by atoms with Gasteiger partial charge in [-0.15, -0.1) is 13.2 Å². The summed E-state index contributed by atoms with van der Waals surface area (Å²) in [4.78, 5) is 8.93. The molecule has 146 valence electrons. The molecule has 0 fully saturated rings. The van der Waals surface area contributed by atoms with Crippen LogP contribution in [0.5, 0.6) is 5.75 Å². The minimum atomic E-state index is -4.72. The fourth-order valence-corrected chi connectivity index (χ4v) is 2.62. The first-order chi connectivity index (χ1) is 13.3. The topological polar surface area (TPSA) is 59.1 Å². The normalized spacial score (nSPS) is 11.2. The average Bonchev–Trinajstić information content (AvgIpc) is 2.64. The highest BCUT2D eigenvalue weighted by Gasteiger charge is 2.31. The third-order valence-electron chi connectivity index (χ3n) is 3.82. The molecule has 2 aromatic carbocycles. The largest absolute Gasteiger partial charge is 0.573 e. The minimum absolute atomic E-state index is 0.267. The van der Waals surface area contributed by atoms with Gasteiger partial charge in [0.25, 0.3) is 0 Å². The average molecular weight is 388 g/mol. The van der Waals surface area contributed by atoms with Crippen molar-refractivity contribution >= 4 is 17.5 Å². The lowest BCUT2D eigenvalue weighted by atomic mass is 10.1. The molecule has 0 atom stereocenters. The number of benzene rings is 2. The lowest BCUT2D eigenvalue weighted by Crippen LogP contribution is -2.17. The smallest absolute Gasteiger partial charge is 0.406 e. The third kappa shape index (κ3) is 5.12. The highest BCUT2D eigenvalue weighted by atomic mass is 19.4. The van der Waals surface area contributed by atoms with E-state index < -0.39 is 6.36 Å². The first-order valence-corrected chi connectivity index (χ1v) is 8.66. The Labute approximate surface area is 160 Å². The number of nitrogens with zero attached hydrogens (tertiary/aromatic N) is 2. The summed E-state index contributed by atoms with van der Waals surface area (Å²) in [6.07, 6.45) is -4.72. The molecule has 0 amide bonds. The van der Waals surface area contributed by atoms with Crippen LogP contribution in [0.4, 0.5) is 30.6 Å². The van der Waals surface area contributed by atoms with E-state index in [0.717, 1.165) is 11.3 Å². The maximum atomic E-state index is 12.4. The Morgan fingerprint density at radius 1 is 1.00 bits per heavy atom. The van der Waals surface area contributed by atoms with Crippen LogP contribution in [0, 0.1) is 6.92 Å². The van der Waals surface area contributed by atoms with Gasteiger partial charge in [-0.2, -0.15) is 4.98 Å². The Bertz CT molecular complexity index is 946. The fraction of sp³-hybridized carbons (Fsp3) is 0.200. The second-order valence-corrected chi connectivity index (χ2v) is 6.01. The fourth-order valence-electron chi connectivity index (χ4n) is 2.62. The molecule has 3 aromatic rings. The minimum Gasteiger partial charge on any atom is -0.406 e. The van der Waals surface area contributed by atoms with Gasteiger partial charge in [-0.25, -0.2) is 4.98 Å². The van der Waals surface area contributed by atoms with Crippen LogP contribution in [0.2, 0.25) is 0 Å². The van der Waals surface area contributed by atoms with E-state index in [2.05, 4.69) is 25.3 Å². The Morgan fingerprint density at radius 2 is 1.75 bits per heavy atom. The number of hydrogen-bond acceptors (Lipinski definition) is 5. The van der Waals surface area contributed by atoms with Crippen molar-refractivity contribution < 1.29 is 17.9 Å². The Hall–Kier alpha value is -3.29. The van der Waals surface area contributed by atoms with E-state index in [4.69, 9.17) is 0 Å². The molecule has 0 bridgehead atoms. The number of halogens is 3. The van der Waals surface area contributed by atoms with Gasteiger partial charge in [0.2, 0.25) is 5.95 Å². The lowest BCUT2D eigenvalue weighted by molar-refractivity contribution is -0.274. The Morgan fingerprint density at radius 3 is 2.39 bits per heavy atom. The van der Waals surface area contributed by atoms with E-state index in [1.807, 2.05) is 37.3 Å². The van der Waals surface area contributed by atoms with Crippen LogP contribution >= 0.6 is 0 Å². The first-order valence-electron chi connectivity index (χ1n) is 8.66. The van der Waals surface area contributed by atoms with Gasteiger partial charge >= 0.3 is 6.36 Å². The number of aromatic nitrogens is 2. The van der Waals surface area contributed by atoms with Gasteiger partial charge in [0.05, 0.1) is 5.69 Å². The summed E-state index contributed by atoms with van der Waals surface area (Å²) >= 11 is 0. The van der Waals surface area contributed by atoms with Crippen LogP contribution in [0.15, 0.2) is 54.6 Å². The molecule has 0 aliphatic carbocycles. The number of anilines is 3. The van der Waals surface area contributed by atoms with Crippen LogP contribution < -0.4 is 15.4 Å². The molecular formula is C20H19F3N4O. The summed E-state index contributed by atoms with van der Waals surface area (Å²) in [6.45, 7) is 4.28. The Kier molecular flexibility index (Phi) is 5.67. The molecule has 0 aliphatic rings. The van der Waals surface area contributed by atoms with Gasteiger partial charge in [-0.1, -0.05) is 30.3 Å². The van der Waals surface area contributed by atoms with E-state index in [9.17, 15) is 13.2 Å². The van der Waals surface area contributed by atoms with Gasteiger partial charge in [-0.3, -0.25) is 0 Å². The van der Waals surface area contributed by atoms with Crippen molar-refractivity contribution in [1.82, 2.24) is 9.97 Å². The van der Waals surface area contributed by atoms with Gasteiger partial charge < -0.3 is 15.4 Å². The SMILES string of the molecule is CCNc1nc(Nc2ccc(OC(F)(F)F)cc2C)cc(-c2ccccc2)n1. The molecule has 0 saturated carbocycles. The molecule has 1 heterocycles. The molecule has 0 spiro atoms. The van der Waals surface area contributed by atoms with Crippen molar-refractivity contribution in [2.45, 2.75) is 20.2 Å². The summed E-state index contributed by atoms with van der Waals surface area (Å²) in [5, 5.41) is 6.23. The number of ether oxygens (including phenoxy) is 1. The van der Waals surface area contributed by atoms with Crippen molar-refractivity contribution in [3.05, 3.63) is 60.2 Å². The summed E-state index contributed by atoms with van der Waals surface area (Å²) < 4.78 is 41.1. The molecule has 0 aliphatic heterocycles. The van der Waals surface area contributed by atoms with Crippen molar-refractivity contribution in [2.24, 2.45) is 0 Å². The van der Waals surface area contributed by atoms with E-state index in [0.29, 0.717) is 29.6 Å². The third-order valence-corrected chi connectivity index (χ3v) is 3.82. The monoisotopic (exact) mass is 388 g/mol. The van der Waals surface area contributed by atoms with Crippen LogP contribution in [0.1, 0.15) is 12.5 Å². The highest BCUT2D eigenvalue weighted by Crippen LogP contribution is 2.29. The van der Waals surface area contributed by atoms with Gasteiger partial charge in [-0.05, 0) is 37.6 Å². The molecule has 2 N–H and O–H groups in total. The summed E-state index contributed by atoms with van der Waals surface area (Å²) in [5.74, 6) is 0.718.